The Labute approximate surface area is 381 Å². The minimum atomic E-state index is -0.345. The smallest absolute Gasteiger partial charge is 0.410 e. The van der Waals surface area contributed by atoms with Crippen molar-refractivity contribution in [2.24, 2.45) is 10.8 Å². The summed E-state index contributed by atoms with van der Waals surface area (Å²) in [6.45, 7) is 23.9. The molecule has 63 heavy (non-hydrogen) atoms. The molecule has 2 aliphatic rings. The van der Waals surface area contributed by atoms with Crippen LogP contribution < -0.4 is 20.1 Å². The van der Waals surface area contributed by atoms with E-state index in [2.05, 4.69) is 77.3 Å². The maximum Gasteiger partial charge on any atom is 0.415 e. The number of rotatable bonds is 14. The molecule has 0 saturated carbocycles. The van der Waals surface area contributed by atoms with Crippen LogP contribution in [0.15, 0.2) is 65.5 Å². The number of carbonyl (C=O) groups excluding carboxylic acids is 4. The predicted octanol–water partition coefficient (Wildman–Crippen LogP) is 7.64. The zero-order chi connectivity index (χ0) is 45.4. The number of nitrogens with zero attached hydrogens (tertiary/aromatic N) is 6. The van der Waals surface area contributed by atoms with E-state index in [0.717, 1.165) is 80.7 Å². The SMILES string of the molecule is CC(C)(C)CCNC(=O)c1ccc(OC(=O)N2CCN(CCc3nccs3)CC2)cc1.Cc1nc(CCN2CCN(C(=O)Oc3ccc(C(=O)NCCC(C)(C)C)cc3)CC2)cs1. The van der Waals surface area contributed by atoms with Gasteiger partial charge in [0.25, 0.3) is 11.8 Å². The Balaban J connectivity index is 0.000000238. The number of hydrogen-bond donors (Lipinski definition) is 2. The Morgan fingerprint density at radius 2 is 1.08 bits per heavy atom. The molecule has 4 amide bonds. The van der Waals surface area contributed by atoms with Crippen LogP contribution in [-0.4, -0.2) is 132 Å². The molecular weight excluding hydrogens is 837 g/mol. The van der Waals surface area contributed by atoms with Crippen LogP contribution in [0.1, 0.15) is 90.8 Å². The standard InChI is InChI=1S/C24H34N4O3S.C23H32N4O3S/c1-18-26-20(17-32-18)9-12-27-13-15-28(16-14-27)23(30)31-21-7-5-19(6-8-21)22(29)25-11-10-24(2,3)4;1-23(2,3)9-10-25-21(28)18-4-6-19(7-5-18)30-22(29)27-15-13-26(14-16-27)12-8-20-24-11-17-31-20/h5-8,17H,9-16H2,1-4H3,(H,25,29);4-7,11,17H,8-10,12-16H2,1-3H3,(H,25,28). The molecule has 0 aliphatic carbocycles. The Kier molecular flexibility index (Phi) is 18.5. The zero-order valence-corrected chi connectivity index (χ0v) is 39.7. The highest BCUT2D eigenvalue weighted by atomic mass is 32.1. The number of amides is 4. The molecule has 14 nitrogen and oxygen atoms in total. The van der Waals surface area contributed by atoms with Gasteiger partial charge in [-0.2, -0.15) is 0 Å². The molecule has 0 atom stereocenters. The van der Waals surface area contributed by atoms with Gasteiger partial charge in [-0.25, -0.2) is 19.6 Å². The van der Waals surface area contributed by atoms with E-state index in [4.69, 9.17) is 9.47 Å². The molecule has 0 unspecified atom stereocenters. The first-order chi connectivity index (χ1) is 30.0. The molecule has 2 aromatic heterocycles. The third-order valence-electron chi connectivity index (χ3n) is 10.7. The molecule has 0 radical (unpaired) electrons. The normalized spacial score (nSPS) is 15.0. The first kappa shape index (κ1) is 49.1. The quantitative estimate of drug-likeness (QED) is 0.129. The van der Waals surface area contributed by atoms with Crippen molar-refractivity contribution in [1.82, 2.24) is 40.2 Å². The van der Waals surface area contributed by atoms with Gasteiger partial charge in [0.15, 0.2) is 0 Å². The van der Waals surface area contributed by atoms with E-state index in [1.807, 2.05) is 18.5 Å². The van der Waals surface area contributed by atoms with E-state index < -0.39 is 0 Å². The van der Waals surface area contributed by atoms with Gasteiger partial charge < -0.3 is 29.9 Å². The van der Waals surface area contributed by atoms with Gasteiger partial charge in [0, 0.05) is 119 Å². The summed E-state index contributed by atoms with van der Waals surface area (Å²) in [4.78, 5) is 66.4. The van der Waals surface area contributed by atoms with Crippen molar-refractivity contribution in [2.75, 3.05) is 78.5 Å². The largest absolute Gasteiger partial charge is 0.415 e. The molecule has 2 aromatic carbocycles. The molecule has 4 aromatic rings. The molecule has 0 spiro atoms. The number of carbonyl (C=O) groups is 4. The van der Waals surface area contributed by atoms with Crippen molar-refractivity contribution in [3.05, 3.63) is 92.3 Å². The van der Waals surface area contributed by atoms with Crippen LogP contribution in [0, 0.1) is 17.8 Å². The van der Waals surface area contributed by atoms with Gasteiger partial charge in [-0.05, 0) is 79.1 Å². The number of piperazine rings is 2. The summed E-state index contributed by atoms with van der Waals surface area (Å²) in [5.74, 6) is 0.664. The summed E-state index contributed by atoms with van der Waals surface area (Å²) in [5, 5.41) is 12.2. The lowest BCUT2D eigenvalue weighted by molar-refractivity contribution is 0.0940. The number of benzene rings is 2. The summed E-state index contributed by atoms with van der Waals surface area (Å²) < 4.78 is 11.0. The monoisotopic (exact) mass is 902 g/mol. The topological polar surface area (TPSA) is 150 Å². The Morgan fingerprint density at radius 1 is 0.635 bits per heavy atom. The van der Waals surface area contributed by atoms with E-state index in [0.29, 0.717) is 61.9 Å². The van der Waals surface area contributed by atoms with Crippen LogP contribution in [0.25, 0.3) is 0 Å². The Hall–Kier alpha value is -4.90. The maximum atomic E-state index is 12.5. The van der Waals surface area contributed by atoms with Crippen molar-refractivity contribution < 1.29 is 28.7 Å². The van der Waals surface area contributed by atoms with Crippen molar-refractivity contribution in [2.45, 2.75) is 74.1 Å². The third kappa shape index (κ3) is 17.7. The highest BCUT2D eigenvalue weighted by Gasteiger charge is 2.24. The summed E-state index contributed by atoms with van der Waals surface area (Å²) in [5.41, 5.74) is 2.61. The predicted molar refractivity (Wildman–Crippen MR) is 250 cm³/mol. The minimum absolute atomic E-state index is 0.115. The van der Waals surface area contributed by atoms with E-state index in [1.165, 1.54) is 0 Å². The highest BCUT2D eigenvalue weighted by Crippen LogP contribution is 2.20. The first-order valence-electron chi connectivity index (χ1n) is 21.9. The van der Waals surface area contributed by atoms with Crippen LogP contribution >= 0.6 is 22.7 Å². The van der Waals surface area contributed by atoms with Crippen molar-refractivity contribution in [3.8, 4) is 11.5 Å². The van der Waals surface area contributed by atoms with E-state index in [9.17, 15) is 19.2 Å². The van der Waals surface area contributed by atoms with Crippen molar-refractivity contribution in [3.63, 3.8) is 0 Å². The zero-order valence-electron chi connectivity index (χ0n) is 38.1. The number of nitrogens with one attached hydrogen (secondary N) is 2. The average molecular weight is 903 g/mol. The summed E-state index contributed by atoms with van der Waals surface area (Å²) in [7, 11) is 0. The second-order valence-corrected chi connectivity index (χ2v) is 20.4. The molecular formula is C47H66N8O6S2. The van der Waals surface area contributed by atoms with Gasteiger partial charge in [0.05, 0.1) is 15.7 Å². The van der Waals surface area contributed by atoms with Gasteiger partial charge in [0.2, 0.25) is 0 Å². The number of ether oxygens (including phenoxy) is 2. The fraction of sp³-hybridized carbons (Fsp3) is 0.532. The third-order valence-corrected chi connectivity index (χ3v) is 12.4. The molecule has 6 rings (SSSR count). The first-order valence-corrected chi connectivity index (χ1v) is 23.7. The molecule has 2 fully saturated rings. The van der Waals surface area contributed by atoms with Crippen LogP contribution in [0.2, 0.25) is 0 Å². The lowest BCUT2D eigenvalue weighted by atomic mass is 9.92. The van der Waals surface area contributed by atoms with E-state index in [1.54, 1.807) is 81.0 Å². The van der Waals surface area contributed by atoms with Crippen LogP contribution in [0.4, 0.5) is 9.59 Å². The van der Waals surface area contributed by atoms with Gasteiger partial charge in [-0.1, -0.05) is 41.5 Å². The van der Waals surface area contributed by atoms with E-state index in [-0.39, 0.29) is 34.8 Å². The number of hydrogen-bond acceptors (Lipinski definition) is 12. The van der Waals surface area contributed by atoms with Gasteiger partial charge in [-0.15, -0.1) is 22.7 Å². The Bertz CT molecular complexity index is 2030. The molecule has 2 N–H and O–H groups in total. The Morgan fingerprint density at radius 3 is 1.46 bits per heavy atom. The second kappa shape index (κ2) is 23.7. The molecule has 0 bridgehead atoms. The van der Waals surface area contributed by atoms with Crippen LogP contribution in [0.3, 0.4) is 0 Å². The molecule has 2 aliphatic heterocycles. The average Bonchev–Trinajstić information content (AvgIpc) is 3.94. The fourth-order valence-electron chi connectivity index (χ4n) is 6.72. The highest BCUT2D eigenvalue weighted by molar-refractivity contribution is 7.09. The van der Waals surface area contributed by atoms with Crippen LogP contribution in [-0.2, 0) is 12.8 Å². The van der Waals surface area contributed by atoms with Gasteiger partial charge in [0.1, 0.15) is 11.5 Å². The van der Waals surface area contributed by atoms with Crippen molar-refractivity contribution >= 4 is 46.7 Å². The summed E-state index contributed by atoms with van der Waals surface area (Å²) >= 11 is 3.36. The summed E-state index contributed by atoms with van der Waals surface area (Å²) in [6, 6.07) is 13.4. The molecule has 2 saturated heterocycles. The lowest BCUT2D eigenvalue weighted by Gasteiger charge is -2.33. The van der Waals surface area contributed by atoms with E-state index >= 15 is 0 Å². The van der Waals surface area contributed by atoms with Gasteiger partial charge in [-0.3, -0.25) is 19.4 Å². The maximum absolute atomic E-state index is 12.5. The minimum Gasteiger partial charge on any atom is -0.410 e. The lowest BCUT2D eigenvalue weighted by Crippen LogP contribution is -2.49. The van der Waals surface area contributed by atoms with Crippen LogP contribution in [0.5, 0.6) is 11.5 Å². The second-order valence-electron chi connectivity index (χ2n) is 18.4. The molecule has 4 heterocycles. The van der Waals surface area contributed by atoms with Crippen molar-refractivity contribution in [1.29, 1.82) is 0 Å². The number of aromatic nitrogens is 2. The number of thiazole rings is 2. The fourth-order valence-corrected chi connectivity index (χ4v) is 7.98. The summed E-state index contributed by atoms with van der Waals surface area (Å²) in [6.07, 6.45) is 4.84. The van der Waals surface area contributed by atoms with Gasteiger partial charge >= 0.3 is 12.2 Å². The molecule has 16 heteroatoms. The molecule has 342 valence electrons. The number of aryl methyl sites for hydroxylation is 1.